The number of carbonyl (C=O) groups is 1. The van der Waals surface area contributed by atoms with Gasteiger partial charge in [-0.25, -0.2) is 0 Å². The smallest absolute Gasteiger partial charge is 0.321 e. The Kier molecular flexibility index (Phi) is 3.21. The van der Waals surface area contributed by atoms with Crippen LogP contribution in [0.15, 0.2) is 29.6 Å². The van der Waals surface area contributed by atoms with E-state index in [1.807, 2.05) is 0 Å². The van der Waals surface area contributed by atoms with Gasteiger partial charge in [-0.3, -0.25) is 4.79 Å². The molecule has 1 amide bonds. The van der Waals surface area contributed by atoms with Crippen molar-refractivity contribution < 1.29 is 26.7 Å². The van der Waals surface area contributed by atoms with Crippen molar-refractivity contribution in [2.75, 3.05) is 5.32 Å². The first kappa shape index (κ1) is 13.7. The molecule has 102 valence electrons. The molecule has 1 N–H and O–H groups in total. The quantitative estimate of drug-likeness (QED) is 0.832. The van der Waals surface area contributed by atoms with E-state index in [2.05, 4.69) is 0 Å². The highest BCUT2D eigenvalue weighted by Gasteiger charge is 2.63. The van der Waals surface area contributed by atoms with Crippen molar-refractivity contribution in [2.24, 2.45) is 0 Å². The fourth-order valence-corrected chi connectivity index (χ4v) is 2.15. The fraction of sp³-hybridized carbons (Fsp3) is 0.182. The van der Waals surface area contributed by atoms with Crippen molar-refractivity contribution in [1.82, 2.24) is 0 Å². The first-order valence-corrected chi connectivity index (χ1v) is 5.83. The van der Waals surface area contributed by atoms with Crippen LogP contribution in [0.3, 0.4) is 0 Å². The van der Waals surface area contributed by atoms with Gasteiger partial charge in [0.2, 0.25) is 0 Å². The minimum atomic E-state index is -5.91. The Morgan fingerprint density at radius 3 is 2.42 bits per heavy atom. The molecule has 0 unspecified atom stereocenters. The average Bonchev–Trinajstić information content (AvgIpc) is 2.74. The van der Waals surface area contributed by atoms with Crippen molar-refractivity contribution >= 4 is 33.0 Å². The topological polar surface area (TPSA) is 29.1 Å². The Balaban J connectivity index is 2.23. The maximum Gasteiger partial charge on any atom is 0.463 e. The molecule has 1 aromatic heterocycles. The predicted molar refractivity (Wildman–Crippen MR) is 61.5 cm³/mol. The van der Waals surface area contributed by atoms with Crippen LogP contribution in [0.5, 0.6) is 0 Å². The van der Waals surface area contributed by atoms with Gasteiger partial charge in [0, 0.05) is 10.4 Å². The standard InChI is InChI=1S/C11H6F5NOS/c12-10(13,11(14,15)16)9(18)17-7-1-2-8-6(5-7)3-4-19-8/h1-5H,(H,17,18). The number of anilines is 1. The molecule has 2 aromatic rings. The summed E-state index contributed by atoms with van der Waals surface area (Å²) in [5.74, 6) is -7.81. The van der Waals surface area contributed by atoms with Gasteiger partial charge in [-0.2, -0.15) is 22.0 Å². The van der Waals surface area contributed by atoms with E-state index in [1.54, 1.807) is 16.8 Å². The minimum Gasteiger partial charge on any atom is -0.321 e. The molecule has 0 fully saturated rings. The van der Waals surface area contributed by atoms with Gasteiger partial charge in [-0.05, 0) is 35.0 Å². The Morgan fingerprint density at radius 2 is 1.79 bits per heavy atom. The number of hydrogen-bond donors (Lipinski definition) is 1. The normalized spacial score (nSPS) is 12.7. The third kappa shape index (κ3) is 2.53. The van der Waals surface area contributed by atoms with Gasteiger partial charge < -0.3 is 5.32 Å². The summed E-state index contributed by atoms with van der Waals surface area (Å²) in [5, 5.41) is 3.95. The van der Waals surface area contributed by atoms with Crippen LogP contribution in [-0.2, 0) is 4.79 Å². The highest BCUT2D eigenvalue weighted by atomic mass is 32.1. The zero-order valence-corrected chi connectivity index (χ0v) is 9.91. The van der Waals surface area contributed by atoms with Crippen LogP contribution >= 0.6 is 11.3 Å². The molecule has 0 radical (unpaired) electrons. The van der Waals surface area contributed by atoms with Crippen molar-refractivity contribution in [2.45, 2.75) is 12.1 Å². The molecule has 0 aliphatic rings. The average molecular weight is 295 g/mol. The monoisotopic (exact) mass is 295 g/mol. The number of carbonyl (C=O) groups excluding carboxylic acids is 1. The van der Waals surface area contributed by atoms with E-state index in [0.29, 0.717) is 5.39 Å². The van der Waals surface area contributed by atoms with Gasteiger partial charge >= 0.3 is 18.0 Å². The molecule has 2 nitrogen and oxygen atoms in total. The lowest BCUT2D eigenvalue weighted by molar-refractivity contribution is -0.267. The number of halogens is 5. The van der Waals surface area contributed by atoms with Gasteiger partial charge in [0.05, 0.1) is 0 Å². The Bertz CT molecular complexity index is 619. The van der Waals surface area contributed by atoms with Crippen LogP contribution in [0.2, 0.25) is 0 Å². The van der Waals surface area contributed by atoms with Gasteiger partial charge in [0.1, 0.15) is 0 Å². The molecule has 0 saturated carbocycles. The van der Waals surface area contributed by atoms with E-state index < -0.39 is 18.0 Å². The molecule has 19 heavy (non-hydrogen) atoms. The Morgan fingerprint density at radius 1 is 1.11 bits per heavy atom. The summed E-state index contributed by atoms with van der Waals surface area (Å²) in [6.07, 6.45) is -5.91. The molecule has 0 spiro atoms. The largest absolute Gasteiger partial charge is 0.463 e. The van der Waals surface area contributed by atoms with E-state index in [9.17, 15) is 26.7 Å². The predicted octanol–water partition coefficient (Wildman–Crippen LogP) is 4.04. The lowest BCUT2D eigenvalue weighted by Crippen LogP contribution is -2.47. The van der Waals surface area contributed by atoms with Crippen LogP contribution in [0.4, 0.5) is 27.6 Å². The van der Waals surface area contributed by atoms with Crippen LogP contribution in [0.25, 0.3) is 10.1 Å². The molecule has 8 heteroatoms. The van der Waals surface area contributed by atoms with E-state index >= 15 is 0 Å². The molecular weight excluding hydrogens is 289 g/mol. The highest BCUT2D eigenvalue weighted by molar-refractivity contribution is 7.17. The van der Waals surface area contributed by atoms with Crippen LogP contribution < -0.4 is 5.32 Å². The molecule has 1 heterocycles. The lowest BCUT2D eigenvalue weighted by atomic mass is 10.2. The van der Waals surface area contributed by atoms with E-state index in [0.717, 1.165) is 4.70 Å². The summed E-state index contributed by atoms with van der Waals surface area (Å²) in [4.78, 5) is 11.0. The van der Waals surface area contributed by atoms with Crippen LogP contribution in [0, 0.1) is 0 Å². The highest BCUT2D eigenvalue weighted by Crippen LogP contribution is 2.36. The molecule has 1 aromatic carbocycles. The molecular formula is C11H6F5NOS. The second-order valence-corrected chi connectivity index (χ2v) is 4.65. The van der Waals surface area contributed by atoms with Gasteiger partial charge in [0.25, 0.3) is 0 Å². The second-order valence-electron chi connectivity index (χ2n) is 3.70. The van der Waals surface area contributed by atoms with E-state index in [4.69, 9.17) is 0 Å². The first-order valence-electron chi connectivity index (χ1n) is 4.95. The second kappa shape index (κ2) is 4.44. The molecule has 0 atom stereocenters. The number of thiophene rings is 1. The van der Waals surface area contributed by atoms with E-state index in [1.165, 1.54) is 29.5 Å². The number of nitrogens with one attached hydrogen (secondary N) is 1. The maximum atomic E-state index is 12.7. The third-order valence-corrected chi connectivity index (χ3v) is 3.25. The van der Waals surface area contributed by atoms with E-state index in [-0.39, 0.29) is 5.69 Å². The van der Waals surface area contributed by atoms with Crippen LogP contribution in [-0.4, -0.2) is 18.0 Å². The Hall–Kier alpha value is -1.70. The number of alkyl halides is 5. The number of amides is 1. The SMILES string of the molecule is O=C(Nc1ccc2sccc2c1)C(F)(F)C(F)(F)F. The summed E-state index contributed by atoms with van der Waals surface area (Å²) in [7, 11) is 0. The zero-order valence-electron chi connectivity index (χ0n) is 9.09. The fourth-order valence-electron chi connectivity index (χ4n) is 1.38. The number of rotatable bonds is 2. The number of hydrogen-bond acceptors (Lipinski definition) is 2. The molecule has 2 rings (SSSR count). The molecule has 0 aliphatic carbocycles. The summed E-state index contributed by atoms with van der Waals surface area (Å²) in [6, 6.07) is 5.79. The molecule has 0 saturated heterocycles. The van der Waals surface area contributed by atoms with Crippen molar-refractivity contribution in [1.29, 1.82) is 0 Å². The zero-order chi connectivity index (χ0) is 14.3. The van der Waals surface area contributed by atoms with Crippen LogP contribution in [0.1, 0.15) is 0 Å². The number of fused-ring (bicyclic) bond motifs is 1. The summed E-state index contributed by atoms with van der Waals surface area (Å²) in [6.45, 7) is 0. The summed E-state index contributed by atoms with van der Waals surface area (Å²) in [5.41, 5.74) is -0.111. The lowest BCUT2D eigenvalue weighted by Gasteiger charge is -2.18. The van der Waals surface area contributed by atoms with Gasteiger partial charge in [-0.15, -0.1) is 11.3 Å². The molecule has 0 aliphatic heterocycles. The van der Waals surface area contributed by atoms with Crippen molar-refractivity contribution in [3.63, 3.8) is 0 Å². The summed E-state index contributed by atoms with van der Waals surface area (Å²) < 4.78 is 62.2. The van der Waals surface area contributed by atoms with Gasteiger partial charge in [-0.1, -0.05) is 0 Å². The van der Waals surface area contributed by atoms with Gasteiger partial charge in [0.15, 0.2) is 0 Å². The first-order chi connectivity index (χ1) is 8.72. The molecule has 0 bridgehead atoms. The van der Waals surface area contributed by atoms with Crippen molar-refractivity contribution in [3.05, 3.63) is 29.6 Å². The van der Waals surface area contributed by atoms with Crippen molar-refractivity contribution in [3.8, 4) is 0 Å². The number of benzene rings is 1. The Labute approximate surface area is 107 Å². The minimum absolute atomic E-state index is 0.111. The summed E-state index contributed by atoms with van der Waals surface area (Å²) >= 11 is 1.38. The third-order valence-electron chi connectivity index (χ3n) is 2.35. The maximum absolute atomic E-state index is 12.7.